The van der Waals surface area contributed by atoms with Crippen molar-refractivity contribution in [2.24, 2.45) is 0 Å². The van der Waals surface area contributed by atoms with Gasteiger partial charge in [-0.25, -0.2) is 0 Å². The highest BCUT2D eigenvalue weighted by molar-refractivity contribution is 6.36. The minimum atomic E-state index is -0.306. The Hall–Kier alpha value is -2.46. The molecule has 0 bridgehead atoms. The fourth-order valence-corrected chi connectivity index (χ4v) is 2.21. The van der Waals surface area contributed by atoms with E-state index < -0.39 is 0 Å². The Morgan fingerprint density at radius 2 is 2.15 bits per heavy atom. The standard InChI is InChI=1S/C15H9ClN2O2/c16-10-3-4-11-12(15(20)18-13(11)6-10)7-14(19)9-2-1-5-17-8-9/h1-8H,(H,18,20). The number of carbonyl (C=O) groups is 2. The highest BCUT2D eigenvalue weighted by Gasteiger charge is 2.25. The summed E-state index contributed by atoms with van der Waals surface area (Å²) in [7, 11) is 0. The van der Waals surface area contributed by atoms with Crippen LogP contribution < -0.4 is 5.32 Å². The molecule has 1 aliphatic rings. The Balaban J connectivity index is 2.01. The Morgan fingerprint density at radius 1 is 1.30 bits per heavy atom. The fraction of sp³-hybridized carbons (Fsp3) is 0. The molecule has 1 aromatic heterocycles. The fourth-order valence-electron chi connectivity index (χ4n) is 2.03. The second-order valence-electron chi connectivity index (χ2n) is 4.31. The average molecular weight is 285 g/mol. The predicted molar refractivity (Wildman–Crippen MR) is 76.6 cm³/mol. The Morgan fingerprint density at radius 3 is 2.90 bits per heavy atom. The average Bonchev–Trinajstić information content (AvgIpc) is 2.75. The molecule has 0 saturated carbocycles. The van der Waals surface area contributed by atoms with Gasteiger partial charge in [0.25, 0.3) is 5.91 Å². The number of carbonyl (C=O) groups excluding carboxylic acids is 2. The van der Waals surface area contributed by atoms with Crippen LogP contribution in [0.15, 0.2) is 48.8 Å². The molecule has 3 rings (SSSR count). The summed E-state index contributed by atoms with van der Waals surface area (Å²) in [4.78, 5) is 27.9. The third-order valence-corrected chi connectivity index (χ3v) is 3.22. The summed E-state index contributed by atoms with van der Waals surface area (Å²) in [6.45, 7) is 0. The molecule has 1 aliphatic heterocycles. The van der Waals surface area contributed by atoms with Crippen molar-refractivity contribution < 1.29 is 9.59 Å². The lowest BCUT2D eigenvalue weighted by Crippen LogP contribution is -2.06. The van der Waals surface area contributed by atoms with Gasteiger partial charge in [-0.3, -0.25) is 14.6 Å². The molecule has 20 heavy (non-hydrogen) atoms. The number of hydrogen-bond donors (Lipinski definition) is 1. The Labute approximate surface area is 120 Å². The summed E-state index contributed by atoms with van der Waals surface area (Å²) in [5.41, 5.74) is 2.07. The van der Waals surface area contributed by atoms with Crippen molar-refractivity contribution >= 4 is 34.6 Å². The molecule has 1 N–H and O–H groups in total. The van der Waals surface area contributed by atoms with Crippen LogP contribution in [0.2, 0.25) is 5.02 Å². The summed E-state index contributed by atoms with van der Waals surface area (Å²) in [6.07, 6.45) is 4.38. The molecule has 2 heterocycles. The van der Waals surface area contributed by atoms with Crippen molar-refractivity contribution in [2.75, 3.05) is 5.32 Å². The first kappa shape index (κ1) is 12.6. The van der Waals surface area contributed by atoms with E-state index in [1.54, 1.807) is 36.5 Å². The molecule has 98 valence electrons. The maximum atomic E-state index is 12.1. The van der Waals surface area contributed by atoms with E-state index in [2.05, 4.69) is 10.3 Å². The number of pyridine rings is 1. The van der Waals surface area contributed by atoms with Crippen LogP contribution in [0.5, 0.6) is 0 Å². The van der Waals surface area contributed by atoms with Gasteiger partial charge in [-0.05, 0) is 30.3 Å². The second kappa shape index (κ2) is 4.90. The molecule has 1 amide bonds. The van der Waals surface area contributed by atoms with Gasteiger partial charge in [0.2, 0.25) is 0 Å². The molecule has 0 unspecified atom stereocenters. The summed E-state index contributed by atoms with van der Waals surface area (Å²) in [5.74, 6) is -0.564. The number of halogens is 1. The molecular weight excluding hydrogens is 276 g/mol. The molecule has 0 radical (unpaired) electrons. The molecule has 1 aromatic carbocycles. The van der Waals surface area contributed by atoms with E-state index in [4.69, 9.17) is 11.6 Å². The smallest absolute Gasteiger partial charge is 0.256 e. The highest BCUT2D eigenvalue weighted by atomic mass is 35.5. The number of aromatic nitrogens is 1. The first-order valence-corrected chi connectivity index (χ1v) is 6.30. The van der Waals surface area contributed by atoms with Crippen LogP contribution in [-0.4, -0.2) is 16.7 Å². The summed E-state index contributed by atoms with van der Waals surface area (Å²) >= 11 is 5.87. The minimum Gasteiger partial charge on any atom is -0.321 e. The van der Waals surface area contributed by atoms with Crippen LogP contribution in [0.1, 0.15) is 15.9 Å². The first-order valence-electron chi connectivity index (χ1n) is 5.92. The highest BCUT2D eigenvalue weighted by Crippen LogP contribution is 2.33. The normalized spacial score (nSPS) is 15.1. The van der Waals surface area contributed by atoms with Gasteiger partial charge in [-0.2, -0.15) is 0 Å². The zero-order chi connectivity index (χ0) is 14.1. The van der Waals surface area contributed by atoms with Gasteiger partial charge in [0.1, 0.15) is 0 Å². The van der Waals surface area contributed by atoms with Gasteiger partial charge in [-0.15, -0.1) is 0 Å². The number of nitrogens with one attached hydrogen (secondary N) is 1. The lowest BCUT2D eigenvalue weighted by atomic mass is 10.0. The van der Waals surface area contributed by atoms with Crippen molar-refractivity contribution in [3.8, 4) is 0 Å². The zero-order valence-electron chi connectivity index (χ0n) is 10.3. The van der Waals surface area contributed by atoms with Crippen molar-refractivity contribution in [1.29, 1.82) is 0 Å². The van der Waals surface area contributed by atoms with Crippen LogP contribution in [0.4, 0.5) is 5.69 Å². The van der Waals surface area contributed by atoms with E-state index >= 15 is 0 Å². The van der Waals surface area contributed by atoms with Gasteiger partial charge in [0.15, 0.2) is 5.78 Å². The molecule has 2 aromatic rings. The summed E-state index contributed by atoms with van der Waals surface area (Å²) < 4.78 is 0. The zero-order valence-corrected chi connectivity index (χ0v) is 11.0. The SMILES string of the molecule is O=C1Nc2cc(Cl)ccc2C1=CC(=O)c1cccnc1. The van der Waals surface area contributed by atoms with Crippen LogP contribution in [-0.2, 0) is 4.79 Å². The number of benzene rings is 1. The Kier molecular flexibility index (Phi) is 3.08. The largest absolute Gasteiger partial charge is 0.321 e. The number of allylic oxidation sites excluding steroid dienone is 1. The minimum absolute atomic E-state index is 0.258. The van der Waals surface area contributed by atoms with E-state index in [1.807, 2.05) is 0 Å². The number of amides is 1. The van der Waals surface area contributed by atoms with Crippen LogP contribution in [0, 0.1) is 0 Å². The predicted octanol–water partition coefficient (Wildman–Crippen LogP) is 2.95. The lowest BCUT2D eigenvalue weighted by molar-refractivity contribution is -0.110. The molecule has 0 spiro atoms. The number of nitrogens with zero attached hydrogens (tertiary/aromatic N) is 1. The number of anilines is 1. The van der Waals surface area contributed by atoms with Crippen LogP contribution >= 0.6 is 11.6 Å². The maximum Gasteiger partial charge on any atom is 0.256 e. The third-order valence-electron chi connectivity index (χ3n) is 2.99. The first-order chi connectivity index (χ1) is 9.65. The quantitative estimate of drug-likeness (QED) is 0.681. The molecule has 0 fully saturated rings. The molecule has 0 atom stereocenters. The van der Waals surface area contributed by atoms with Gasteiger partial charge in [0, 0.05) is 28.5 Å². The van der Waals surface area contributed by atoms with E-state index in [0.717, 1.165) is 0 Å². The van der Waals surface area contributed by atoms with Crippen molar-refractivity contribution in [2.45, 2.75) is 0 Å². The molecule has 4 nitrogen and oxygen atoms in total. The van der Waals surface area contributed by atoms with Crippen molar-refractivity contribution in [1.82, 2.24) is 4.98 Å². The number of fused-ring (bicyclic) bond motifs is 1. The Bertz CT molecular complexity index is 739. The molecular formula is C15H9ClN2O2. The molecule has 0 aliphatic carbocycles. The van der Waals surface area contributed by atoms with Crippen LogP contribution in [0.3, 0.4) is 0 Å². The number of ketones is 1. The number of rotatable bonds is 2. The summed E-state index contributed by atoms with van der Waals surface area (Å²) in [5, 5.41) is 3.22. The topological polar surface area (TPSA) is 59.1 Å². The monoisotopic (exact) mass is 284 g/mol. The third kappa shape index (κ3) is 2.21. The van der Waals surface area contributed by atoms with Gasteiger partial charge >= 0.3 is 0 Å². The van der Waals surface area contributed by atoms with Crippen LogP contribution in [0.25, 0.3) is 5.57 Å². The van der Waals surface area contributed by atoms with Gasteiger partial charge < -0.3 is 5.32 Å². The van der Waals surface area contributed by atoms with E-state index in [9.17, 15) is 9.59 Å². The maximum absolute atomic E-state index is 12.1. The van der Waals surface area contributed by atoms with Gasteiger partial charge in [-0.1, -0.05) is 17.7 Å². The lowest BCUT2D eigenvalue weighted by Gasteiger charge is -1.99. The van der Waals surface area contributed by atoms with E-state index in [1.165, 1.54) is 12.3 Å². The van der Waals surface area contributed by atoms with E-state index in [0.29, 0.717) is 27.4 Å². The van der Waals surface area contributed by atoms with E-state index in [-0.39, 0.29) is 11.7 Å². The molecule has 0 saturated heterocycles. The van der Waals surface area contributed by atoms with Crippen molar-refractivity contribution in [3.63, 3.8) is 0 Å². The second-order valence-corrected chi connectivity index (χ2v) is 4.74. The van der Waals surface area contributed by atoms with Gasteiger partial charge in [0.05, 0.1) is 11.3 Å². The molecule has 5 heteroatoms. The summed E-state index contributed by atoms with van der Waals surface area (Å²) in [6, 6.07) is 8.39. The van der Waals surface area contributed by atoms with Crippen molar-refractivity contribution in [3.05, 3.63) is 65.0 Å². The number of hydrogen-bond acceptors (Lipinski definition) is 3.